The molecule has 0 saturated heterocycles. The van der Waals surface area contributed by atoms with Gasteiger partial charge in [0.2, 0.25) is 11.8 Å². The van der Waals surface area contributed by atoms with Crippen LogP contribution in [0.15, 0.2) is 66.7 Å². The van der Waals surface area contributed by atoms with Gasteiger partial charge in [0.1, 0.15) is 0 Å². The topological polar surface area (TPSA) is 58.2 Å². The van der Waals surface area contributed by atoms with E-state index in [0.29, 0.717) is 10.7 Å². The largest absolute Gasteiger partial charge is 0.347 e. The molecule has 0 saturated carbocycles. The molecular formula is C20H17ClN2O2. The molecule has 0 atom stereocenters. The van der Waals surface area contributed by atoms with Crippen molar-refractivity contribution in [3.63, 3.8) is 0 Å². The zero-order valence-corrected chi connectivity index (χ0v) is 14.2. The molecule has 0 bridgehead atoms. The van der Waals surface area contributed by atoms with Crippen molar-refractivity contribution in [2.75, 3.05) is 11.9 Å². The Bertz CT molecular complexity index is 919. The van der Waals surface area contributed by atoms with Crippen molar-refractivity contribution in [2.45, 2.75) is 6.42 Å². The average molecular weight is 353 g/mol. The number of anilines is 1. The maximum absolute atomic E-state index is 12.2. The number of hydrogen-bond acceptors (Lipinski definition) is 2. The van der Waals surface area contributed by atoms with Crippen LogP contribution < -0.4 is 10.6 Å². The van der Waals surface area contributed by atoms with Crippen LogP contribution in [0.4, 0.5) is 5.69 Å². The highest BCUT2D eigenvalue weighted by Gasteiger charge is 2.09. The summed E-state index contributed by atoms with van der Waals surface area (Å²) in [5.41, 5.74) is 1.53. The van der Waals surface area contributed by atoms with Crippen LogP contribution in [0.1, 0.15) is 5.56 Å². The monoisotopic (exact) mass is 352 g/mol. The number of amides is 2. The Morgan fingerprint density at radius 1 is 0.880 bits per heavy atom. The van der Waals surface area contributed by atoms with Crippen LogP contribution in [0.25, 0.3) is 10.8 Å². The maximum Gasteiger partial charge on any atom is 0.243 e. The summed E-state index contributed by atoms with van der Waals surface area (Å²) in [6.07, 6.45) is 0.228. The summed E-state index contributed by atoms with van der Waals surface area (Å²) in [6.45, 7) is -0.0872. The molecule has 0 aliphatic carbocycles. The number of rotatable bonds is 5. The number of fused-ring (bicyclic) bond motifs is 1. The summed E-state index contributed by atoms with van der Waals surface area (Å²) in [6, 6.07) is 20.6. The summed E-state index contributed by atoms with van der Waals surface area (Å²) in [4.78, 5) is 24.1. The Balaban J connectivity index is 1.56. The molecule has 0 heterocycles. The normalized spacial score (nSPS) is 10.4. The maximum atomic E-state index is 12.2. The molecule has 4 nitrogen and oxygen atoms in total. The SMILES string of the molecule is O=C(Cc1cccc2ccccc12)NCC(=O)Nc1cccc(Cl)c1. The molecule has 0 fully saturated rings. The van der Waals surface area contributed by atoms with Gasteiger partial charge >= 0.3 is 0 Å². The Hall–Kier alpha value is -2.85. The van der Waals surface area contributed by atoms with Gasteiger partial charge in [-0.15, -0.1) is 0 Å². The number of nitrogens with one attached hydrogen (secondary N) is 2. The van der Waals surface area contributed by atoms with E-state index in [-0.39, 0.29) is 24.8 Å². The first-order valence-electron chi connectivity index (χ1n) is 7.90. The van der Waals surface area contributed by atoms with Gasteiger partial charge in [0.25, 0.3) is 0 Å². The number of halogens is 1. The molecule has 0 aromatic heterocycles. The van der Waals surface area contributed by atoms with Crippen molar-refractivity contribution >= 4 is 39.9 Å². The van der Waals surface area contributed by atoms with Gasteiger partial charge in [0.15, 0.2) is 0 Å². The molecule has 0 spiro atoms. The summed E-state index contributed by atoms with van der Waals surface area (Å²) in [5, 5.41) is 8.01. The number of benzene rings is 3. The van der Waals surface area contributed by atoms with Crippen molar-refractivity contribution in [1.82, 2.24) is 5.32 Å². The molecule has 0 aliphatic heterocycles. The van der Waals surface area contributed by atoms with Gasteiger partial charge in [0.05, 0.1) is 13.0 Å². The van der Waals surface area contributed by atoms with Gasteiger partial charge < -0.3 is 10.6 Å². The lowest BCUT2D eigenvalue weighted by Gasteiger charge is -2.09. The van der Waals surface area contributed by atoms with Crippen LogP contribution in [0.5, 0.6) is 0 Å². The third kappa shape index (κ3) is 4.58. The fraction of sp³-hybridized carbons (Fsp3) is 0.100. The van der Waals surface area contributed by atoms with Crippen molar-refractivity contribution in [2.24, 2.45) is 0 Å². The van der Waals surface area contributed by atoms with E-state index in [1.807, 2.05) is 42.5 Å². The van der Waals surface area contributed by atoms with Crippen molar-refractivity contribution in [1.29, 1.82) is 0 Å². The van der Waals surface area contributed by atoms with E-state index >= 15 is 0 Å². The van der Waals surface area contributed by atoms with Crippen LogP contribution in [0, 0.1) is 0 Å². The third-order valence-electron chi connectivity index (χ3n) is 3.79. The van der Waals surface area contributed by atoms with E-state index in [1.54, 1.807) is 24.3 Å². The second-order valence-electron chi connectivity index (χ2n) is 5.65. The molecule has 126 valence electrons. The molecular weight excluding hydrogens is 336 g/mol. The Morgan fingerprint density at radius 2 is 1.64 bits per heavy atom. The van der Waals surface area contributed by atoms with Gasteiger partial charge in [-0.3, -0.25) is 9.59 Å². The molecule has 3 rings (SSSR count). The zero-order valence-electron chi connectivity index (χ0n) is 13.5. The second-order valence-corrected chi connectivity index (χ2v) is 6.09. The lowest BCUT2D eigenvalue weighted by molar-refractivity contribution is -0.123. The van der Waals surface area contributed by atoms with Crippen molar-refractivity contribution in [3.05, 3.63) is 77.3 Å². The lowest BCUT2D eigenvalue weighted by Crippen LogP contribution is -2.33. The van der Waals surface area contributed by atoms with Crippen LogP contribution in [0.3, 0.4) is 0 Å². The highest BCUT2D eigenvalue weighted by molar-refractivity contribution is 6.30. The molecule has 2 amide bonds. The Labute approximate surface area is 150 Å². The fourth-order valence-electron chi connectivity index (χ4n) is 2.63. The van der Waals surface area contributed by atoms with Crippen LogP contribution in [-0.4, -0.2) is 18.4 Å². The molecule has 3 aromatic rings. The van der Waals surface area contributed by atoms with Crippen molar-refractivity contribution < 1.29 is 9.59 Å². The molecule has 2 N–H and O–H groups in total. The van der Waals surface area contributed by atoms with Crippen LogP contribution in [0.2, 0.25) is 5.02 Å². The standard InChI is InChI=1S/C20H17ClN2O2/c21-16-8-4-9-17(12-16)23-20(25)13-22-19(24)11-15-7-3-6-14-5-1-2-10-18(14)15/h1-10,12H,11,13H2,(H,22,24)(H,23,25). The Kier molecular flexibility index (Phi) is 5.31. The van der Waals surface area contributed by atoms with E-state index in [4.69, 9.17) is 11.6 Å². The molecule has 0 unspecified atom stereocenters. The lowest BCUT2D eigenvalue weighted by atomic mass is 10.0. The first-order valence-corrected chi connectivity index (χ1v) is 8.28. The quantitative estimate of drug-likeness (QED) is 0.734. The van der Waals surface area contributed by atoms with E-state index in [1.165, 1.54) is 0 Å². The third-order valence-corrected chi connectivity index (χ3v) is 4.02. The van der Waals surface area contributed by atoms with E-state index in [2.05, 4.69) is 10.6 Å². The Morgan fingerprint density at radius 3 is 2.48 bits per heavy atom. The van der Waals surface area contributed by atoms with Crippen molar-refractivity contribution in [3.8, 4) is 0 Å². The van der Waals surface area contributed by atoms with Gasteiger partial charge in [-0.25, -0.2) is 0 Å². The molecule has 0 radical (unpaired) electrons. The summed E-state index contributed by atoms with van der Waals surface area (Å²) in [5.74, 6) is -0.494. The number of carbonyl (C=O) groups excluding carboxylic acids is 2. The highest BCUT2D eigenvalue weighted by atomic mass is 35.5. The zero-order chi connectivity index (χ0) is 17.6. The minimum absolute atomic E-state index is 0.0872. The van der Waals surface area contributed by atoms with Gasteiger partial charge in [-0.2, -0.15) is 0 Å². The summed E-state index contributed by atoms with van der Waals surface area (Å²) >= 11 is 5.87. The average Bonchev–Trinajstić information content (AvgIpc) is 2.60. The summed E-state index contributed by atoms with van der Waals surface area (Å²) < 4.78 is 0. The van der Waals surface area contributed by atoms with E-state index in [0.717, 1.165) is 16.3 Å². The smallest absolute Gasteiger partial charge is 0.243 e. The van der Waals surface area contributed by atoms with Gasteiger partial charge in [0, 0.05) is 10.7 Å². The van der Waals surface area contributed by atoms with Crippen LogP contribution in [-0.2, 0) is 16.0 Å². The van der Waals surface area contributed by atoms with E-state index in [9.17, 15) is 9.59 Å². The first-order chi connectivity index (χ1) is 12.1. The molecule has 3 aromatic carbocycles. The fourth-order valence-corrected chi connectivity index (χ4v) is 2.82. The molecule has 0 aliphatic rings. The predicted molar refractivity (Wildman–Crippen MR) is 101 cm³/mol. The minimum Gasteiger partial charge on any atom is -0.347 e. The minimum atomic E-state index is -0.298. The van der Waals surface area contributed by atoms with Crippen LogP contribution >= 0.6 is 11.6 Å². The first kappa shape index (κ1) is 17.0. The van der Waals surface area contributed by atoms with Gasteiger partial charge in [-0.05, 0) is 34.5 Å². The van der Waals surface area contributed by atoms with E-state index < -0.39 is 0 Å². The van der Waals surface area contributed by atoms with Gasteiger partial charge in [-0.1, -0.05) is 60.1 Å². The molecule has 25 heavy (non-hydrogen) atoms. The summed E-state index contributed by atoms with van der Waals surface area (Å²) in [7, 11) is 0. The molecule has 5 heteroatoms. The highest BCUT2D eigenvalue weighted by Crippen LogP contribution is 2.19. The second kappa shape index (κ2) is 7.81. The predicted octanol–water partition coefficient (Wildman–Crippen LogP) is 3.79. The number of carbonyl (C=O) groups is 2. The number of hydrogen-bond donors (Lipinski definition) is 2.